The summed E-state index contributed by atoms with van der Waals surface area (Å²) in [6.07, 6.45) is 4.12. The molecule has 1 aliphatic rings. The Morgan fingerprint density at radius 2 is 2.33 bits per heavy atom. The monoisotopic (exact) mass is 306 g/mol. The smallest absolute Gasteiger partial charge is 0.0934 e. The summed E-state index contributed by atoms with van der Waals surface area (Å²) in [5.41, 5.74) is 2.11. The fourth-order valence-electron chi connectivity index (χ4n) is 2.32. The predicted octanol–water partition coefficient (Wildman–Crippen LogP) is 3.59. The van der Waals surface area contributed by atoms with E-state index in [9.17, 15) is 0 Å². The minimum atomic E-state index is 0.398. The predicted molar refractivity (Wildman–Crippen MR) is 76.9 cm³/mol. The van der Waals surface area contributed by atoms with E-state index in [4.69, 9.17) is 4.74 Å². The Bertz CT molecular complexity index is 552. The van der Waals surface area contributed by atoms with Crippen LogP contribution in [-0.2, 0) is 4.74 Å². The lowest BCUT2D eigenvalue weighted by Crippen LogP contribution is -2.30. The molecule has 1 aliphatic heterocycles. The topological polar surface area (TPSA) is 34.2 Å². The molecule has 0 saturated carbocycles. The van der Waals surface area contributed by atoms with Crippen LogP contribution in [-0.4, -0.2) is 24.2 Å². The van der Waals surface area contributed by atoms with Gasteiger partial charge < -0.3 is 10.1 Å². The van der Waals surface area contributed by atoms with Crippen molar-refractivity contribution >= 4 is 32.5 Å². The molecule has 0 amide bonds. The van der Waals surface area contributed by atoms with Crippen LogP contribution in [0.1, 0.15) is 12.8 Å². The standard InChI is InChI=1S/C14H15BrN2O/c15-11-7-10-3-1-5-13(14(10)16-8-11)17-12-4-2-6-18-9-12/h1,3,5,7-8,12,17H,2,4,6,9H2. The summed E-state index contributed by atoms with van der Waals surface area (Å²) >= 11 is 3.45. The largest absolute Gasteiger partial charge is 0.379 e. The van der Waals surface area contributed by atoms with E-state index < -0.39 is 0 Å². The Morgan fingerprint density at radius 1 is 1.39 bits per heavy atom. The highest BCUT2D eigenvalue weighted by molar-refractivity contribution is 9.10. The van der Waals surface area contributed by atoms with Crippen LogP contribution in [0.2, 0.25) is 0 Å². The Hall–Kier alpha value is -1.13. The fourth-order valence-corrected chi connectivity index (χ4v) is 2.67. The van der Waals surface area contributed by atoms with Gasteiger partial charge in [-0.15, -0.1) is 0 Å². The van der Waals surface area contributed by atoms with Gasteiger partial charge in [-0.2, -0.15) is 0 Å². The highest BCUT2D eigenvalue weighted by atomic mass is 79.9. The second kappa shape index (κ2) is 5.24. The second-order valence-electron chi connectivity index (χ2n) is 4.59. The molecule has 3 rings (SSSR count). The Balaban J connectivity index is 1.91. The molecule has 3 nitrogen and oxygen atoms in total. The highest BCUT2D eigenvalue weighted by Crippen LogP contribution is 2.25. The summed E-state index contributed by atoms with van der Waals surface area (Å²) < 4.78 is 6.50. The van der Waals surface area contributed by atoms with E-state index >= 15 is 0 Å². The molecule has 1 unspecified atom stereocenters. The number of fused-ring (bicyclic) bond motifs is 1. The van der Waals surface area contributed by atoms with Crippen LogP contribution in [0.15, 0.2) is 34.9 Å². The summed E-state index contributed by atoms with van der Waals surface area (Å²) in [6.45, 7) is 1.67. The number of nitrogens with one attached hydrogen (secondary N) is 1. The molecule has 1 atom stereocenters. The number of rotatable bonds is 2. The lowest BCUT2D eigenvalue weighted by molar-refractivity contribution is 0.0876. The van der Waals surface area contributed by atoms with Crippen molar-refractivity contribution in [3.05, 3.63) is 34.9 Å². The van der Waals surface area contributed by atoms with Gasteiger partial charge in [0.1, 0.15) is 0 Å². The molecule has 0 aliphatic carbocycles. The van der Waals surface area contributed by atoms with Gasteiger partial charge in [-0.25, -0.2) is 0 Å². The van der Waals surface area contributed by atoms with Gasteiger partial charge in [-0.05, 0) is 40.9 Å². The highest BCUT2D eigenvalue weighted by Gasteiger charge is 2.14. The Kier molecular flexibility index (Phi) is 3.48. The number of ether oxygens (including phenoxy) is 1. The average Bonchev–Trinajstić information content (AvgIpc) is 2.40. The number of pyridine rings is 1. The molecule has 94 valence electrons. The third-order valence-electron chi connectivity index (χ3n) is 3.20. The molecule has 0 radical (unpaired) electrons. The Labute approximate surface area is 115 Å². The van der Waals surface area contributed by atoms with Gasteiger partial charge in [0.2, 0.25) is 0 Å². The van der Waals surface area contributed by atoms with E-state index in [0.717, 1.165) is 47.1 Å². The summed E-state index contributed by atoms with van der Waals surface area (Å²) in [5.74, 6) is 0. The van der Waals surface area contributed by atoms with Gasteiger partial charge in [-0.3, -0.25) is 4.98 Å². The third-order valence-corrected chi connectivity index (χ3v) is 3.63. The number of nitrogens with zero attached hydrogens (tertiary/aromatic N) is 1. The first-order valence-electron chi connectivity index (χ1n) is 6.21. The van der Waals surface area contributed by atoms with Gasteiger partial charge in [-0.1, -0.05) is 12.1 Å². The normalized spacial score (nSPS) is 19.9. The number of hydrogen-bond acceptors (Lipinski definition) is 3. The summed E-state index contributed by atoms with van der Waals surface area (Å²) in [4.78, 5) is 4.50. The van der Waals surface area contributed by atoms with Crippen molar-refractivity contribution in [2.75, 3.05) is 18.5 Å². The van der Waals surface area contributed by atoms with E-state index in [1.807, 2.05) is 6.20 Å². The molecule has 2 aromatic rings. The van der Waals surface area contributed by atoms with Gasteiger partial charge >= 0.3 is 0 Å². The maximum absolute atomic E-state index is 5.50. The molecule has 1 aromatic carbocycles. The van der Waals surface area contributed by atoms with Crippen molar-refractivity contribution in [1.29, 1.82) is 0 Å². The first-order valence-corrected chi connectivity index (χ1v) is 7.01. The van der Waals surface area contributed by atoms with Crippen LogP contribution in [0.5, 0.6) is 0 Å². The van der Waals surface area contributed by atoms with Crippen molar-refractivity contribution in [1.82, 2.24) is 4.98 Å². The van der Waals surface area contributed by atoms with Crippen molar-refractivity contribution in [3.8, 4) is 0 Å². The van der Waals surface area contributed by atoms with Crippen molar-refractivity contribution < 1.29 is 4.74 Å². The minimum Gasteiger partial charge on any atom is -0.379 e. The minimum absolute atomic E-state index is 0.398. The van der Waals surface area contributed by atoms with Crippen LogP contribution in [0.25, 0.3) is 10.9 Å². The van der Waals surface area contributed by atoms with Crippen molar-refractivity contribution in [2.45, 2.75) is 18.9 Å². The molecule has 4 heteroatoms. The molecule has 18 heavy (non-hydrogen) atoms. The van der Waals surface area contributed by atoms with E-state index in [2.05, 4.69) is 50.5 Å². The van der Waals surface area contributed by atoms with Crippen LogP contribution in [0.4, 0.5) is 5.69 Å². The fraction of sp³-hybridized carbons (Fsp3) is 0.357. The lowest BCUT2D eigenvalue weighted by atomic mass is 10.1. The van der Waals surface area contributed by atoms with E-state index in [0.29, 0.717) is 6.04 Å². The molecule has 0 bridgehead atoms. The Morgan fingerprint density at radius 3 is 3.17 bits per heavy atom. The van der Waals surface area contributed by atoms with Gasteiger partial charge in [0.15, 0.2) is 0 Å². The summed E-state index contributed by atoms with van der Waals surface area (Å²) in [7, 11) is 0. The molecule has 1 aromatic heterocycles. The first kappa shape index (κ1) is 11.9. The quantitative estimate of drug-likeness (QED) is 0.920. The van der Waals surface area contributed by atoms with Gasteiger partial charge in [0.05, 0.1) is 17.8 Å². The third kappa shape index (κ3) is 2.49. The SMILES string of the molecule is Brc1cnc2c(NC3CCCOC3)cccc2c1. The summed E-state index contributed by atoms with van der Waals surface area (Å²) in [5, 5.41) is 4.69. The van der Waals surface area contributed by atoms with Gasteiger partial charge in [0.25, 0.3) is 0 Å². The number of benzene rings is 1. The maximum atomic E-state index is 5.50. The molecule has 2 heterocycles. The molecular weight excluding hydrogens is 292 g/mol. The van der Waals surface area contributed by atoms with Crippen molar-refractivity contribution in [3.63, 3.8) is 0 Å². The van der Waals surface area contributed by atoms with Crippen LogP contribution >= 0.6 is 15.9 Å². The molecule has 1 saturated heterocycles. The summed E-state index contributed by atoms with van der Waals surface area (Å²) in [6, 6.07) is 8.70. The lowest BCUT2D eigenvalue weighted by Gasteiger charge is -2.24. The van der Waals surface area contributed by atoms with Crippen LogP contribution < -0.4 is 5.32 Å². The van der Waals surface area contributed by atoms with E-state index in [1.165, 1.54) is 0 Å². The number of para-hydroxylation sites is 1. The van der Waals surface area contributed by atoms with Gasteiger partial charge in [0, 0.05) is 28.7 Å². The van der Waals surface area contributed by atoms with E-state index in [-0.39, 0.29) is 0 Å². The molecule has 1 N–H and O–H groups in total. The molecule has 1 fully saturated rings. The molecule has 0 spiro atoms. The van der Waals surface area contributed by atoms with Crippen molar-refractivity contribution in [2.24, 2.45) is 0 Å². The maximum Gasteiger partial charge on any atom is 0.0934 e. The zero-order valence-electron chi connectivity index (χ0n) is 10.0. The number of aromatic nitrogens is 1. The first-order chi connectivity index (χ1) is 8.83. The zero-order valence-corrected chi connectivity index (χ0v) is 11.6. The number of halogens is 1. The zero-order chi connectivity index (χ0) is 12.4. The van der Waals surface area contributed by atoms with Crippen LogP contribution in [0, 0.1) is 0 Å². The average molecular weight is 307 g/mol. The number of hydrogen-bond donors (Lipinski definition) is 1. The number of anilines is 1. The van der Waals surface area contributed by atoms with Crippen LogP contribution in [0.3, 0.4) is 0 Å². The second-order valence-corrected chi connectivity index (χ2v) is 5.50. The molecular formula is C14H15BrN2O. The van der Waals surface area contributed by atoms with E-state index in [1.54, 1.807) is 0 Å².